The number of hydrogen-bond donors (Lipinski definition) is 1. The summed E-state index contributed by atoms with van der Waals surface area (Å²) < 4.78 is 13.0. The molecule has 0 spiro atoms. The molecular formula is C17H14ClFN2O2. The standard InChI is InChI=1S/C17H14ClFN2O2/c18-12-3-1-2-11(10-12)16(22)20-15-8-9-21(17(15)23)14-6-4-13(19)5-7-14/h1-7,10,15H,8-9H2,(H,20,22)/t15-/m1/s1. The molecule has 0 saturated carbocycles. The van der Waals surface area contributed by atoms with Crippen molar-refractivity contribution in [3.8, 4) is 0 Å². The molecule has 0 unspecified atom stereocenters. The highest BCUT2D eigenvalue weighted by Gasteiger charge is 2.33. The fourth-order valence-corrected chi connectivity index (χ4v) is 2.75. The zero-order chi connectivity index (χ0) is 16.4. The number of rotatable bonds is 3. The molecule has 2 amide bonds. The Labute approximate surface area is 137 Å². The monoisotopic (exact) mass is 332 g/mol. The first-order valence-corrected chi connectivity index (χ1v) is 7.56. The van der Waals surface area contributed by atoms with Crippen LogP contribution in [0.5, 0.6) is 0 Å². The summed E-state index contributed by atoms with van der Waals surface area (Å²) in [6, 6.07) is 11.7. The minimum atomic E-state index is -0.591. The van der Waals surface area contributed by atoms with Crippen LogP contribution in [0.25, 0.3) is 0 Å². The van der Waals surface area contributed by atoms with E-state index < -0.39 is 6.04 Å². The Morgan fingerprint density at radius 2 is 1.96 bits per heavy atom. The van der Waals surface area contributed by atoms with Gasteiger partial charge in [-0.1, -0.05) is 17.7 Å². The number of halogens is 2. The predicted octanol–water partition coefficient (Wildman–Crippen LogP) is 3.01. The Kier molecular flexibility index (Phi) is 4.30. The van der Waals surface area contributed by atoms with E-state index in [1.54, 1.807) is 41.3 Å². The summed E-state index contributed by atoms with van der Waals surface area (Å²) >= 11 is 5.86. The molecule has 1 N–H and O–H groups in total. The maximum atomic E-state index is 13.0. The van der Waals surface area contributed by atoms with Gasteiger partial charge in [-0.25, -0.2) is 4.39 Å². The number of hydrogen-bond acceptors (Lipinski definition) is 2. The molecule has 6 heteroatoms. The molecule has 3 rings (SSSR count). The predicted molar refractivity (Wildman–Crippen MR) is 86.1 cm³/mol. The molecule has 1 aliphatic heterocycles. The molecule has 0 radical (unpaired) electrons. The fraction of sp³-hybridized carbons (Fsp3) is 0.176. The molecule has 0 aromatic heterocycles. The summed E-state index contributed by atoms with van der Waals surface area (Å²) in [6.07, 6.45) is 0.502. The van der Waals surface area contributed by atoms with E-state index in [0.717, 1.165) is 0 Å². The fourth-order valence-electron chi connectivity index (χ4n) is 2.56. The molecule has 0 bridgehead atoms. The lowest BCUT2D eigenvalue weighted by Gasteiger charge is -2.17. The largest absolute Gasteiger partial charge is 0.340 e. The molecule has 1 atom stereocenters. The Morgan fingerprint density at radius 3 is 2.65 bits per heavy atom. The third-order valence-corrected chi connectivity index (χ3v) is 3.97. The van der Waals surface area contributed by atoms with Crippen LogP contribution < -0.4 is 10.2 Å². The van der Waals surface area contributed by atoms with Gasteiger partial charge >= 0.3 is 0 Å². The third-order valence-electron chi connectivity index (χ3n) is 3.74. The van der Waals surface area contributed by atoms with Crippen LogP contribution in [0.4, 0.5) is 10.1 Å². The summed E-state index contributed by atoms with van der Waals surface area (Å²) in [4.78, 5) is 26.2. The zero-order valence-corrected chi connectivity index (χ0v) is 12.9. The van der Waals surface area contributed by atoms with Gasteiger partial charge in [0.2, 0.25) is 5.91 Å². The van der Waals surface area contributed by atoms with E-state index in [2.05, 4.69) is 5.32 Å². The molecule has 118 valence electrons. The number of amides is 2. The summed E-state index contributed by atoms with van der Waals surface area (Å²) in [7, 11) is 0. The van der Waals surface area contributed by atoms with Crippen LogP contribution in [0.15, 0.2) is 48.5 Å². The summed E-state index contributed by atoms with van der Waals surface area (Å²) in [6.45, 7) is 0.477. The maximum absolute atomic E-state index is 13.0. The van der Waals surface area contributed by atoms with Crippen molar-refractivity contribution in [3.63, 3.8) is 0 Å². The summed E-state index contributed by atoms with van der Waals surface area (Å²) in [5.41, 5.74) is 1.03. The number of anilines is 1. The van der Waals surface area contributed by atoms with E-state index in [0.29, 0.717) is 29.2 Å². The Hall–Kier alpha value is -2.40. The van der Waals surface area contributed by atoms with Gasteiger partial charge in [0.25, 0.3) is 5.91 Å². The second-order valence-corrected chi connectivity index (χ2v) is 5.73. The molecule has 1 saturated heterocycles. The van der Waals surface area contributed by atoms with Gasteiger partial charge in [-0.05, 0) is 48.9 Å². The molecule has 1 heterocycles. The lowest BCUT2D eigenvalue weighted by molar-refractivity contribution is -0.118. The number of nitrogens with zero attached hydrogens (tertiary/aromatic N) is 1. The topological polar surface area (TPSA) is 49.4 Å². The van der Waals surface area contributed by atoms with Gasteiger partial charge < -0.3 is 10.2 Å². The highest BCUT2D eigenvalue weighted by molar-refractivity contribution is 6.31. The van der Waals surface area contributed by atoms with Crippen LogP contribution in [-0.4, -0.2) is 24.4 Å². The highest BCUT2D eigenvalue weighted by atomic mass is 35.5. The number of nitrogens with one attached hydrogen (secondary N) is 1. The summed E-state index contributed by atoms with van der Waals surface area (Å²) in [5.74, 6) is -0.898. The Morgan fingerprint density at radius 1 is 1.22 bits per heavy atom. The second kappa shape index (κ2) is 6.38. The molecule has 1 aliphatic rings. The average molecular weight is 333 g/mol. The van der Waals surface area contributed by atoms with E-state index in [9.17, 15) is 14.0 Å². The van der Waals surface area contributed by atoms with Crippen molar-refractivity contribution < 1.29 is 14.0 Å². The van der Waals surface area contributed by atoms with Crippen LogP contribution in [0.3, 0.4) is 0 Å². The van der Waals surface area contributed by atoms with Crippen molar-refractivity contribution in [3.05, 3.63) is 64.9 Å². The van der Waals surface area contributed by atoms with Crippen LogP contribution >= 0.6 is 11.6 Å². The van der Waals surface area contributed by atoms with Gasteiger partial charge in [-0.15, -0.1) is 0 Å². The first-order valence-electron chi connectivity index (χ1n) is 7.18. The minimum Gasteiger partial charge on any atom is -0.340 e. The van der Waals surface area contributed by atoms with Crippen LogP contribution in [0.2, 0.25) is 5.02 Å². The first kappa shape index (κ1) is 15.5. The molecule has 1 fully saturated rings. The molecular weight excluding hydrogens is 319 g/mol. The van der Waals surface area contributed by atoms with Crippen molar-refractivity contribution in [2.24, 2.45) is 0 Å². The molecule has 0 aliphatic carbocycles. The molecule has 23 heavy (non-hydrogen) atoms. The van der Waals surface area contributed by atoms with Gasteiger partial charge in [0, 0.05) is 22.8 Å². The number of benzene rings is 2. The number of carbonyl (C=O) groups is 2. The van der Waals surface area contributed by atoms with Crippen molar-refractivity contribution in [1.82, 2.24) is 5.32 Å². The van der Waals surface area contributed by atoms with E-state index >= 15 is 0 Å². The van der Waals surface area contributed by atoms with E-state index in [1.807, 2.05) is 0 Å². The van der Waals surface area contributed by atoms with E-state index in [-0.39, 0.29) is 17.6 Å². The van der Waals surface area contributed by atoms with Crippen molar-refractivity contribution >= 4 is 29.1 Å². The second-order valence-electron chi connectivity index (χ2n) is 5.29. The maximum Gasteiger partial charge on any atom is 0.251 e. The van der Waals surface area contributed by atoms with Crippen molar-refractivity contribution in [2.45, 2.75) is 12.5 Å². The Bertz CT molecular complexity index is 749. The van der Waals surface area contributed by atoms with Gasteiger partial charge in [0.15, 0.2) is 0 Å². The normalized spacial score (nSPS) is 17.4. The SMILES string of the molecule is O=C(N[C@@H]1CCN(c2ccc(F)cc2)C1=O)c1cccc(Cl)c1. The molecule has 2 aromatic carbocycles. The lowest BCUT2D eigenvalue weighted by Crippen LogP contribution is -2.41. The van der Waals surface area contributed by atoms with Gasteiger partial charge in [-0.2, -0.15) is 0 Å². The highest BCUT2D eigenvalue weighted by Crippen LogP contribution is 2.22. The minimum absolute atomic E-state index is 0.202. The lowest BCUT2D eigenvalue weighted by atomic mass is 10.2. The van der Waals surface area contributed by atoms with E-state index in [4.69, 9.17) is 11.6 Å². The first-order chi connectivity index (χ1) is 11.0. The third kappa shape index (κ3) is 3.35. The van der Waals surface area contributed by atoms with Crippen LogP contribution in [0, 0.1) is 5.82 Å². The van der Waals surface area contributed by atoms with E-state index in [1.165, 1.54) is 12.1 Å². The van der Waals surface area contributed by atoms with Crippen LogP contribution in [-0.2, 0) is 4.79 Å². The van der Waals surface area contributed by atoms with Crippen molar-refractivity contribution in [1.29, 1.82) is 0 Å². The summed E-state index contributed by atoms with van der Waals surface area (Å²) in [5, 5.41) is 3.18. The smallest absolute Gasteiger partial charge is 0.251 e. The quantitative estimate of drug-likeness (QED) is 0.939. The van der Waals surface area contributed by atoms with Gasteiger partial charge in [0.1, 0.15) is 11.9 Å². The van der Waals surface area contributed by atoms with Gasteiger partial charge in [0.05, 0.1) is 0 Å². The molecule has 2 aromatic rings. The Balaban J connectivity index is 1.69. The molecule has 4 nitrogen and oxygen atoms in total. The van der Waals surface area contributed by atoms with Crippen LogP contribution in [0.1, 0.15) is 16.8 Å². The number of carbonyl (C=O) groups excluding carboxylic acids is 2. The zero-order valence-electron chi connectivity index (χ0n) is 12.1. The average Bonchev–Trinajstić information content (AvgIpc) is 2.89. The van der Waals surface area contributed by atoms with Gasteiger partial charge in [-0.3, -0.25) is 9.59 Å². The van der Waals surface area contributed by atoms with Crippen molar-refractivity contribution in [2.75, 3.05) is 11.4 Å².